The van der Waals surface area contributed by atoms with Gasteiger partial charge in [0.05, 0.1) is 0 Å². The molecule has 0 heterocycles. The summed E-state index contributed by atoms with van der Waals surface area (Å²) in [4.78, 5) is 0. The van der Waals surface area contributed by atoms with Gasteiger partial charge in [-0.15, -0.1) is 0 Å². The van der Waals surface area contributed by atoms with Gasteiger partial charge in [0.15, 0.2) is 0 Å². The Morgan fingerprint density at radius 1 is 0.585 bits per heavy atom. The summed E-state index contributed by atoms with van der Waals surface area (Å²) in [6.45, 7) is 15.8. The SMILES string of the molecule is C/C=C/c1cc(/C=C/c2cc(/C=C/C3CCCCC3)c3cc(C(C)C)ccc(C)c2-3)c2c(C)ccc(C(C)C)cc1-2. The van der Waals surface area contributed by atoms with Crippen LogP contribution in [0.5, 0.6) is 0 Å². The summed E-state index contributed by atoms with van der Waals surface area (Å²) in [5.41, 5.74) is 16.2. The van der Waals surface area contributed by atoms with Gasteiger partial charge in [0.1, 0.15) is 0 Å². The molecule has 0 heteroatoms. The fourth-order valence-electron chi connectivity index (χ4n) is 6.65. The molecule has 5 rings (SSSR count). The molecule has 1 saturated carbocycles. The Hall–Kier alpha value is -3.38. The zero-order valence-electron chi connectivity index (χ0n) is 26.4. The average Bonchev–Trinajstić information content (AvgIpc) is 3.33. The summed E-state index contributed by atoms with van der Waals surface area (Å²) in [7, 11) is 0. The summed E-state index contributed by atoms with van der Waals surface area (Å²) in [5.74, 6) is 1.71. The molecule has 0 radical (unpaired) electrons. The summed E-state index contributed by atoms with van der Waals surface area (Å²) < 4.78 is 0. The average molecular weight is 541 g/mol. The van der Waals surface area contributed by atoms with E-state index in [0.717, 1.165) is 5.92 Å². The lowest BCUT2D eigenvalue weighted by Gasteiger charge is -2.17. The highest BCUT2D eigenvalue weighted by Crippen LogP contribution is 2.41. The quantitative estimate of drug-likeness (QED) is 0.219. The van der Waals surface area contributed by atoms with E-state index >= 15 is 0 Å². The van der Waals surface area contributed by atoms with Crippen molar-refractivity contribution in [2.75, 3.05) is 0 Å². The van der Waals surface area contributed by atoms with Gasteiger partial charge in [-0.25, -0.2) is 0 Å². The molecule has 0 aromatic rings. The number of hydrogen-bond donors (Lipinski definition) is 0. The minimum Gasteiger partial charge on any atom is -0.0870 e. The Morgan fingerprint density at radius 2 is 1.07 bits per heavy atom. The summed E-state index contributed by atoms with van der Waals surface area (Å²) >= 11 is 0. The molecule has 5 aliphatic carbocycles. The molecule has 0 nitrogen and oxygen atoms in total. The van der Waals surface area contributed by atoms with Crippen molar-refractivity contribution >= 4 is 24.3 Å². The lowest BCUT2D eigenvalue weighted by atomic mass is 9.88. The molecule has 1 fully saturated rings. The predicted octanol–water partition coefficient (Wildman–Crippen LogP) is 12.6. The first-order valence-corrected chi connectivity index (χ1v) is 15.9. The van der Waals surface area contributed by atoms with Crippen molar-refractivity contribution in [2.24, 2.45) is 5.92 Å². The Kier molecular flexibility index (Phi) is 8.98. The van der Waals surface area contributed by atoms with Crippen molar-refractivity contribution in [3.05, 3.63) is 105 Å². The third-order valence-electron chi connectivity index (χ3n) is 9.14. The van der Waals surface area contributed by atoms with Crippen LogP contribution in [0.4, 0.5) is 0 Å². The highest BCUT2D eigenvalue weighted by molar-refractivity contribution is 5.95. The first kappa shape index (κ1) is 29.1. The topological polar surface area (TPSA) is 0 Å². The standard InChI is InChI=1S/C41H48/c1-8-12-34-23-36(40-29(6)15-18-32(27(2)3)25-38(34)40)21-22-37-24-35(20-17-31-13-10-9-11-14-31)39-26-33(28(4)5)19-16-30(7)41(37)39/h8,12,15-28,31H,9-11,13-14H2,1-7H3/b12-8+,20-17+,22-21+. The van der Waals surface area contributed by atoms with E-state index in [-0.39, 0.29) is 0 Å². The minimum absolute atomic E-state index is 0.493. The van der Waals surface area contributed by atoms with Crippen molar-refractivity contribution in [3.63, 3.8) is 0 Å². The van der Waals surface area contributed by atoms with Crippen molar-refractivity contribution in [1.29, 1.82) is 0 Å². The molecule has 0 unspecified atom stereocenters. The van der Waals surface area contributed by atoms with Crippen LogP contribution in [0.2, 0.25) is 0 Å². The van der Waals surface area contributed by atoms with Crippen LogP contribution in [0, 0.1) is 19.8 Å². The van der Waals surface area contributed by atoms with Crippen LogP contribution in [-0.4, -0.2) is 0 Å². The Balaban J connectivity index is 1.63. The molecule has 0 amide bonds. The van der Waals surface area contributed by atoms with Gasteiger partial charge in [-0.1, -0.05) is 120 Å². The Labute approximate surface area is 249 Å². The van der Waals surface area contributed by atoms with Gasteiger partial charge in [-0.05, 0) is 130 Å². The van der Waals surface area contributed by atoms with Crippen LogP contribution in [0.1, 0.15) is 123 Å². The molecule has 0 bridgehead atoms. The van der Waals surface area contributed by atoms with Gasteiger partial charge in [0.25, 0.3) is 0 Å². The maximum absolute atomic E-state index is 2.50. The van der Waals surface area contributed by atoms with E-state index in [1.807, 2.05) is 0 Å². The molecule has 0 atom stereocenters. The van der Waals surface area contributed by atoms with Gasteiger partial charge in [-0.3, -0.25) is 0 Å². The fourth-order valence-corrected chi connectivity index (χ4v) is 6.65. The second kappa shape index (κ2) is 12.6. The minimum atomic E-state index is 0.493. The highest BCUT2D eigenvalue weighted by Gasteiger charge is 2.19. The maximum atomic E-state index is 2.50. The van der Waals surface area contributed by atoms with Crippen molar-refractivity contribution in [2.45, 2.75) is 92.4 Å². The lowest BCUT2D eigenvalue weighted by molar-refractivity contribution is 0.420. The number of fused-ring (bicyclic) bond motifs is 2. The van der Waals surface area contributed by atoms with E-state index in [2.05, 4.69) is 133 Å². The number of hydrogen-bond acceptors (Lipinski definition) is 0. The van der Waals surface area contributed by atoms with Crippen LogP contribution in [-0.2, 0) is 0 Å². The van der Waals surface area contributed by atoms with Crippen molar-refractivity contribution in [1.82, 2.24) is 0 Å². The van der Waals surface area contributed by atoms with Crippen molar-refractivity contribution < 1.29 is 0 Å². The number of aryl methyl sites for hydroxylation is 2. The number of rotatable bonds is 7. The Morgan fingerprint density at radius 3 is 1.54 bits per heavy atom. The Bertz CT molecular complexity index is 1530. The zero-order chi connectivity index (χ0) is 29.1. The van der Waals surface area contributed by atoms with Gasteiger partial charge in [0, 0.05) is 0 Å². The van der Waals surface area contributed by atoms with Crippen LogP contribution in [0.3, 0.4) is 0 Å². The summed E-state index contributed by atoms with van der Waals surface area (Å²) in [5, 5.41) is 0. The van der Waals surface area contributed by atoms with Gasteiger partial charge in [0.2, 0.25) is 0 Å². The maximum Gasteiger partial charge on any atom is -0.00758 e. The molecule has 0 aromatic carbocycles. The van der Waals surface area contributed by atoms with E-state index in [4.69, 9.17) is 0 Å². The summed E-state index contributed by atoms with van der Waals surface area (Å²) in [6, 6.07) is 18.9. The van der Waals surface area contributed by atoms with E-state index in [1.54, 1.807) is 0 Å². The zero-order valence-corrected chi connectivity index (χ0v) is 26.4. The van der Waals surface area contributed by atoms with Crippen LogP contribution >= 0.6 is 0 Å². The normalized spacial score (nSPS) is 15.2. The molecule has 0 aliphatic heterocycles. The second-order valence-corrected chi connectivity index (χ2v) is 12.9. The first-order valence-electron chi connectivity index (χ1n) is 15.9. The predicted molar refractivity (Wildman–Crippen MR) is 183 cm³/mol. The smallest absolute Gasteiger partial charge is 0.00758 e. The molecule has 41 heavy (non-hydrogen) atoms. The molecule has 0 N–H and O–H groups in total. The van der Waals surface area contributed by atoms with Crippen LogP contribution in [0.15, 0.2) is 60.7 Å². The third kappa shape index (κ3) is 6.28. The van der Waals surface area contributed by atoms with Gasteiger partial charge < -0.3 is 0 Å². The highest BCUT2D eigenvalue weighted by atomic mass is 14.2. The number of allylic oxidation sites excluding steroid dienone is 2. The first-order chi connectivity index (χ1) is 19.8. The van der Waals surface area contributed by atoms with E-state index in [9.17, 15) is 0 Å². The van der Waals surface area contributed by atoms with E-state index in [0.29, 0.717) is 11.8 Å². The van der Waals surface area contributed by atoms with Crippen LogP contribution in [0.25, 0.3) is 46.6 Å². The van der Waals surface area contributed by atoms with Crippen molar-refractivity contribution in [3.8, 4) is 22.3 Å². The van der Waals surface area contributed by atoms with Gasteiger partial charge in [-0.2, -0.15) is 0 Å². The molecular weight excluding hydrogens is 492 g/mol. The monoisotopic (exact) mass is 540 g/mol. The summed E-state index contributed by atoms with van der Waals surface area (Å²) in [6.07, 6.45) is 20.9. The molecule has 0 saturated heterocycles. The molecular formula is C41H48. The molecule has 0 spiro atoms. The van der Waals surface area contributed by atoms with Crippen LogP contribution < -0.4 is 0 Å². The molecule has 5 aliphatic rings. The third-order valence-corrected chi connectivity index (χ3v) is 9.14. The largest absolute Gasteiger partial charge is 0.0870 e. The lowest BCUT2D eigenvalue weighted by Crippen LogP contribution is -2.02. The fraction of sp³-hybridized carbons (Fsp3) is 0.366. The van der Waals surface area contributed by atoms with Gasteiger partial charge >= 0.3 is 0 Å². The van der Waals surface area contributed by atoms with E-state index < -0.39 is 0 Å². The molecule has 212 valence electrons. The second-order valence-electron chi connectivity index (χ2n) is 12.9. The van der Waals surface area contributed by atoms with E-state index in [1.165, 1.54) is 98.9 Å². The molecule has 0 aromatic heterocycles.